The molecule has 6 heteroatoms. The smallest absolute Gasteiger partial charge is 0.293 e. The summed E-state index contributed by atoms with van der Waals surface area (Å²) < 4.78 is 8.06. The van der Waals surface area contributed by atoms with Crippen LogP contribution < -0.4 is 4.74 Å². The molecule has 0 spiro atoms. The molecule has 0 atom stereocenters. The highest BCUT2D eigenvalue weighted by atomic mass is 35.5. The van der Waals surface area contributed by atoms with Gasteiger partial charge in [-0.2, -0.15) is 0 Å². The van der Waals surface area contributed by atoms with Gasteiger partial charge in [-0.15, -0.1) is 11.3 Å². The van der Waals surface area contributed by atoms with E-state index in [9.17, 15) is 9.59 Å². The monoisotopic (exact) mass is 437 g/mol. The van der Waals surface area contributed by atoms with Crippen LogP contribution in [0.5, 0.6) is 5.75 Å². The lowest BCUT2D eigenvalue weighted by molar-refractivity contribution is -0.108. The number of ketones is 1. The fourth-order valence-electron chi connectivity index (χ4n) is 3.74. The van der Waals surface area contributed by atoms with Crippen LogP contribution in [0.1, 0.15) is 39.0 Å². The van der Waals surface area contributed by atoms with Crippen LogP contribution in [0, 0.1) is 0 Å². The van der Waals surface area contributed by atoms with E-state index in [4.69, 9.17) is 16.3 Å². The number of hydrogen-bond acceptors (Lipinski definition) is 4. The summed E-state index contributed by atoms with van der Waals surface area (Å²) in [5.41, 5.74) is 3.75. The molecular formula is C24H20ClNO3S. The molecule has 0 bridgehead atoms. The quantitative estimate of drug-likeness (QED) is 0.202. The first-order valence-corrected chi connectivity index (χ1v) is 10.9. The molecule has 3 heterocycles. The molecular weight excluding hydrogens is 418 g/mol. The van der Waals surface area contributed by atoms with Crippen LogP contribution in [0.25, 0.3) is 5.52 Å². The Bertz CT molecular complexity index is 1200. The average molecular weight is 438 g/mol. The number of thiophene rings is 1. The number of carbonyl (C=O) groups is 2. The maximum Gasteiger partial charge on any atom is 0.293 e. The van der Waals surface area contributed by atoms with Crippen molar-refractivity contribution in [3.63, 3.8) is 0 Å². The highest BCUT2D eigenvalue weighted by Crippen LogP contribution is 2.34. The van der Waals surface area contributed by atoms with Crippen LogP contribution in [-0.4, -0.2) is 15.4 Å². The van der Waals surface area contributed by atoms with Crippen LogP contribution in [0.2, 0.25) is 0 Å². The average Bonchev–Trinajstić information content (AvgIpc) is 3.39. The molecule has 30 heavy (non-hydrogen) atoms. The molecule has 1 aromatic carbocycles. The third-order valence-corrected chi connectivity index (χ3v) is 6.10. The summed E-state index contributed by atoms with van der Waals surface area (Å²) in [5.74, 6) is -0.144. The van der Waals surface area contributed by atoms with Crippen LogP contribution in [0.4, 0.5) is 0 Å². The van der Waals surface area contributed by atoms with Crippen molar-refractivity contribution in [3.8, 4) is 5.75 Å². The fraction of sp³-hybridized carbons (Fsp3) is 0.167. The highest BCUT2D eigenvalue weighted by Gasteiger charge is 2.28. The normalized spacial score (nSPS) is 11.0. The minimum Gasteiger partial charge on any atom is -0.487 e. The van der Waals surface area contributed by atoms with E-state index in [1.165, 1.54) is 4.88 Å². The van der Waals surface area contributed by atoms with Gasteiger partial charge in [0.15, 0.2) is 0 Å². The first-order chi connectivity index (χ1) is 14.6. The SMILES string of the molecule is CCc1c(C(=O)C(=O)Cl)c2c(OCc3ccccc3)cccn2c1Cc1cccs1. The zero-order valence-electron chi connectivity index (χ0n) is 16.4. The molecule has 0 radical (unpaired) electrons. The highest BCUT2D eigenvalue weighted by molar-refractivity contribution is 7.09. The second kappa shape index (κ2) is 8.86. The van der Waals surface area contributed by atoms with Crippen molar-refractivity contribution in [2.24, 2.45) is 0 Å². The number of benzene rings is 1. The van der Waals surface area contributed by atoms with Crippen molar-refractivity contribution in [2.45, 2.75) is 26.4 Å². The van der Waals surface area contributed by atoms with Crippen molar-refractivity contribution in [2.75, 3.05) is 0 Å². The lowest BCUT2D eigenvalue weighted by atomic mass is 10.0. The van der Waals surface area contributed by atoms with Crippen molar-refractivity contribution in [1.82, 2.24) is 4.40 Å². The molecule has 4 rings (SSSR count). The molecule has 0 saturated carbocycles. The van der Waals surface area contributed by atoms with Gasteiger partial charge >= 0.3 is 0 Å². The number of ether oxygens (including phenoxy) is 1. The van der Waals surface area contributed by atoms with Gasteiger partial charge in [0.1, 0.15) is 12.4 Å². The van der Waals surface area contributed by atoms with Gasteiger partial charge in [-0.3, -0.25) is 9.59 Å². The largest absolute Gasteiger partial charge is 0.487 e. The standard InChI is InChI=1S/C24H20ClNO3S/c1-2-18-19(14-17-10-7-13-30-17)26-12-6-11-20(22(26)21(18)23(27)24(25)28)29-15-16-8-4-3-5-9-16/h3-13H,2,14-15H2,1H3. The van der Waals surface area contributed by atoms with E-state index in [2.05, 4.69) is 6.07 Å². The molecule has 4 nitrogen and oxygen atoms in total. The Kier molecular flexibility index (Phi) is 6.02. The molecule has 0 unspecified atom stereocenters. The minimum absolute atomic E-state index is 0.340. The molecule has 0 saturated heterocycles. The predicted octanol–water partition coefficient (Wildman–Crippen LogP) is 5.68. The molecule has 0 N–H and O–H groups in total. The number of Topliss-reactive ketones (excluding diaryl/α,β-unsaturated/α-hetero) is 1. The summed E-state index contributed by atoms with van der Waals surface area (Å²) in [6.07, 6.45) is 3.17. The van der Waals surface area contributed by atoms with Crippen LogP contribution >= 0.6 is 22.9 Å². The van der Waals surface area contributed by atoms with Crippen LogP contribution in [0.3, 0.4) is 0 Å². The molecule has 152 valence electrons. The van der Waals surface area contributed by atoms with Gasteiger partial charge in [-0.05, 0) is 52.7 Å². The molecule has 0 amide bonds. The molecule has 0 aliphatic carbocycles. The lowest BCUT2D eigenvalue weighted by Crippen LogP contribution is -2.10. The maximum atomic E-state index is 12.8. The van der Waals surface area contributed by atoms with Crippen molar-refractivity contribution in [1.29, 1.82) is 0 Å². The summed E-state index contributed by atoms with van der Waals surface area (Å²) in [6, 6.07) is 17.6. The summed E-state index contributed by atoms with van der Waals surface area (Å²) in [7, 11) is 0. The first-order valence-electron chi connectivity index (χ1n) is 9.68. The number of aromatic nitrogens is 1. The van der Waals surface area contributed by atoms with E-state index in [-0.39, 0.29) is 0 Å². The number of hydrogen-bond donors (Lipinski definition) is 0. The summed E-state index contributed by atoms with van der Waals surface area (Å²) in [4.78, 5) is 25.9. The third-order valence-electron chi connectivity index (χ3n) is 5.05. The topological polar surface area (TPSA) is 47.8 Å². The summed E-state index contributed by atoms with van der Waals surface area (Å²) >= 11 is 7.29. The Balaban J connectivity index is 1.87. The van der Waals surface area contributed by atoms with E-state index in [0.29, 0.717) is 36.3 Å². The Labute approximate surface area is 183 Å². The Morgan fingerprint density at radius 1 is 1.07 bits per heavy atom. The van der Waals surface area contributed by atoms with Gasteiger partial charge in [-0.1, -0.05) is 43.3 Å². The Morgan fingerprint density at radius 2 is 1.87 bits per heavy atom. The fourth-order valence-corrected chi connectivity index (χ4v) is 4.54. The second-order valence-electron chi connectivity index (χ2n) is 6.88. The van der Waals surface area contributed by atoms with Crippen molar-refractivity contribution < 1.29 is 14.3 Å². The Hall–Kier alpha value is -2.89. The molecule has 0 fully saturated rings. The van der Waals surface area contributed by atoms with Gasteiger partial charge in [0, 0.05) is 23.2 Å². The van der Waals surface area contributed by atoms with E-state index in [1.807, 2.05) is 71.4 Å². The van der Waals surface area contributed by atoms with Gasteiger partial charge in [0.2, 0.25) is 5.78 Å². The molecule has 3 aromatic heterocycles. The number of halogens is 1. The van der Waals surface area contributed by atoms with Crippen molar-refractivity contribution in [3.05, 3.63) is 93.4 Å². The number of nitrogens with zero attached hydrogens (tertiary/aromatic N) is 1. The van der Waals surface area contributed by atoms with E-state index in [0.717, 1.165) is 16.8 Å². The number of pyridine rings is 1. The van der Waals surface area contributed by atoms with Gasteiger partial charge in [0.05, 0.1) is 11.1 Å². The van der Waals surface area contributed by atoms with E-state index >= 15 is 0 Å². The lowest BCUT2D eigenvalue weighted by Gasteiger charge is -2.10. The maximum absolute atomic E-state index is 12.8. The van der Waals surface area contributed by atoms with E-state index in [1.54, 1.807) is 11.3 Å². The third kappa shape index (κ3) is 3.91. The molecule has 0 aliphatic rings. The van der Waals surface area contributed by atoms with E-state index < -0.39 is 11.0 Å². The van der Waals surface area contributed by atoms with Crippen LogP contribution in [-0.2, 0) is 24.2 Å². The van der Waals surface area contributed by atoms with Crippen molar-refractivity contribution >= 4 is 39.5 Å². The second-order valence-corrected chi connectivity index (χ2v) is 8.25. The number of fused-ring (bicyclic) bond motifs is 1. The zero-order chi connectivity index (χ0) is 21.1. The molecule has 0 aliphatic heterocycles. The van der Waals surface area contributed by atoms with Gasteiger partial charge in [-0.25, -0.2) is 0 Å². The Morgan fingerprint density at radius 3 is 2.53 bits per heavy atom. The van der Waals surface area contributed by atoms with Crippen LogP contribution in [0.15, 0.2) is 66.2 Å². The molecule has 4 aromatic rings. The van der Waals surface area contributed by atoms with Gasteiger partial charge < -0.3 is 9.14 Å². The number of rotatable bonds is 8. The minimum atomic E-state index is -0.988. The number of carbonyl (C=O) groups excluding carboxylic acids is 2. The predicted molar refractivity (Wildman–Crippen MR) is 120 cm³/mol. The van der Waals surface area contributed by atoms with Gasteiger partial charge in [0.25, 0.3) is 5.24 Å². The summed E-state index contributed by atoms with van der Waals surface area (Å²) in [5, 5.41) is 1.04. The zero-order valence-corrected chi connectivity index (χ0v) is 18.0. The first kappa shape index (κ1) is 20.4. The summed E-state index contributed by atoms with van der Waals surface area (Å²) in [6.45, 7) is 2.34.